The van der Waals surface area contributed by atoms with E-state index in [1.165, 1.54) is 6.20 Å². The van der Waals surface area contributed by atoms with Crippen molar-refractivity contribution in [2.24, 2.45) is 0 Å². The second-order valence-corrected chi connectivity index (χ2v) is 5.09. The number of aromatic nitrogens is 3. The molecule has 7 heteroatoms. The minimum atomic E-state index is -4.44. The van der Waals surface area contributed by atoms with E-state index >= 15 is 0 Å². The summed E-state index contributed by atoms with van der Waals surface area (Å²) < 4.78 is 38.7. The highest BCUT2D eigenvalue weighted by atomic mass is 19.4. The molecule has 2 aromatic rings. The van der Waals surface area contributed by atoms with Crippen LogP contribution in [-0.4, -0.2) is 20.8 Å². The van der Waals surface area contributed by atoms with Crippen molar-refractivity contribution in [3.8, 4) is 5.82 Å². The summed E-state index contributed by atoms with van der Waals surface area (Å²) in [5.41, 5.74) is 0.855. The first-order valence-electron chi connectivity index (χ1n) is 6.60. The van der Waals surface area contributed by atoms with Gasteiger partial charge >= 0.3 is 6.18 Å². The molecule has 0 aliphatic heterocycles. The SMILES string of the molecule is Cc1nc(-n2ccc(C(F)(F)F)n2)ccc1CNC(C)C. The van der Waals surface area contributed by atoms with Crippen molar-refractivity contribution in [3.05, 3.63) is 41.3 Å². The molecule has 0 fully saturated rings. The Bertz CT molecular complexity index is 617. The van der Waals surface area contributed by atoms with E-state index in [4.69, 9.17) is 0 Å². The van der Waals surface area contributed by atoms with Crippen LogP contribution in [0.25, 0.3) is 5.82 Å². The van der Waals surface area contributed by atoms with Gasteiger partial charge in [-0.3, -0.25) is 0 Å². The van der Waals surface area contributed by atoms with E-state index in [1.54, 1.807) is 6.07 Å². The summed E-state index contributed by atoms with van der Waals surface area (Å²) in [5.74, 6) is 0.372. The van der Waals surface area contributed by atoms with Crippen LogP contribution in [0, 0.1) is 6.92 Å². The van der Waals surface area contributed by atoms with Crippen molar-refractivity contribution in [2.75, 3.05) is 0 Å². The van der Waals surface area contributed by atoms with Crippen molar-refractivity contribution in [2.45, 2.75) is 39.5 Å². The Balaban J connectivity index is 2.22. The fraction of sp³-hybridized carbons (Fsp3) is 0.429. The lowest BCUT2D eigenvalue weighted by molar-refractivity contribution is -0.141. The molecule has 2 aromatic heterocycles. The number of halogens is 3. The summed E-state index contributed by atoms with van der Waals surface area (Å²) in [6, 6.07) is 4.80. The maximum absolute atomic E-state index is 12.5. The van der Waals surface area contributed by atoms with E-state index < -0.39 is 11.9 Å². The molecule has 0 saturated carbocycles. The molecule has 4 nitrogen and oxygen atoms in total. The topological polar surface area (TPSA) is 42.7 Å². The summed E-state index contributed by atoms with van der Waals surface area (Å²) >= 11 is 0. The number of hydrogen-bond acceptors (Lipinski definition) is 3. The molecule has 21 heavy (non-hydrogen) atoms. The van der Waals surface area contributed by atoms with Crippen LogP contribution in [0.3, 0.4) is 0 Å². The van der Waals surface area contributed by atoms with Crippen molar-refractivity contribution >= 4 is 0 Å². The first kappa shape index (κ1) is 15.5. The smallest absolute Gasteiger partial charge is 0.310 e. The number of nitrogens with zero attached hydrogens (tertiary/aromatic N) is 3. The van der Waals surface area contributed by atoms with Gasteiger partial charge in [0, 0.05) is 24.5 Å². The predicted molar refractivity (Wildman–Crippen MR) is 73.1 cm³/mol. The molecule has 114 valence electrons. The number of nitrogens with one attached hydrogen (secondary N) is 1. The third kappa shape index (κ3) is 3.81. The molecule has 0 radical (unpaired) electrons. The molecule has 2 rings (SSSR count). The van der Waals surface area contributed by atoms with Crippen LogP contribution in [0.4, 0.5) is 13.2 Å². The van der Waals surface area contributed by atoms with E-state index in [-0.39, 0.29) is 0 Å². The van der Waals surface area contributed by atoms with Crippen LogP contribution in [-0.2, 0) is 12.7 Å². The summed E-state index contributed by atoms with van der Waals surface area (Å²) in [7, 11) is 0. The van der Waals surface area contributed by atoms with Crippen molar-refractivity contribution in [3.63, 3.8) is 0 Å². The minimum Gasteiger partial charge on any atom is -0.310 e. The highest BCUT2D eigenvalue weighted by Crippen LogP contribution is 2.27. The maximum Gasteiger partial charge on any atom is 0.435 e. The van der Waals surface area contributed by atoms with Crippen LogP contribution in [0.2, 0.25) is 0 Å². The second kappa shape index (κ2) is 5.85. The lowest BCUT2D eigenvalue weighted by atomic mass is 10.2. The van der Waals surface area contributed by atoms with Gasteiger partial charge in [-0.1, -0.05) is 19.9 Å². The van der Waals surface area contributed by atoms with E-state index in [0.29, 0.717) is 18.4 Å². The zero-order valence-electron chi connectivity index (χ0n) is 12.1. The zero-order valence-corrected chi connectivity index (χ0v) is 12.1. The fourth-order valence-corrected chi connectivity index (χ4v) is 1.81. The summed E-state index contributed by atoms with van der Waals surface area (Å²) in [4.78, 5) is 4.31. The van der Waals surface area contributed by atoms with Gasteiger partial charge in [-0.15, -0.1) is 0 Å². The lowest BCUT2D eigenvalue weighted by Crippen LogP contribution is -2.22. The third-order valence-corrected chi connectivity index (χ3v) is 3.00. The van der Waals surface area contributed by atoms with Crippen LogP contribution in [0.1, 0.15) is 30.8 Å². The van der Waals surface area contributed by atoms with Gasteiger partial charge in [0.2, 0.25) is 0 Å². The van der Waals surface area contributed by atoms with E-state index in [1.807, 2.05) is 26.8 Å². The Morgan fingerprint density at radius 3 is 2.48 bits per heavy atom. The number of alkyl halides is 3. The number of aryl methyl sites for hydroxylation is 1. The Hall–Kier alpha value is -1.89. The van der Waals surface area contributed by atoms with Gasteiger partial charge in [0.05, 0.1) is 0 Å². The number of rotatable bonds is 4. The van der Waals surface area contributed by atoms with Gasteiger partial charge in [-0.05, 0) is 24.6 Å². The molecular weight excluding hydrogens is 281 g/mol. The zero-order chi connectivity index (χ0) is 15.6. The van der Waals surface area contributed by atoms with Gasteiger partial charge in [0.1, 0.15) is 0 Å². The van der Waals surface area contributed by atoms with Gasteiger partial charge < -0.3 is 5.32 Å². The van der Waals surface area contributed by atoms with Crippen molar-refractivity contribution in [1.29, 1.82) is 0 Å². The molecule has 0 aliphatic carbocycles. The van der Waals surface area contributed by atoms with Gasteiger partial charge in [-0.25, -0.2) is 9.67 Å². The largest absolute Gasteiger partial charge is 0.435 e. The average Bonchev–Trinajstić information content (AvgIpc) is 2.86. The molecule has 0 spiro atoms. The lowest BCUT2D eigenvalue weighted by Gasteiger charge is -2.11. The Morgan fingerprint density at radius 2 is 1.95 bits per heavy atom. The average molecular weight is 298 g/mol. The number of hydrogen-bond donors (Lipinski definition) is 1. The van der Waals surface area contributed by atoms with E-state index in [9.17, 15) is 13.2 Å². The monoisotopic (exact) mass is 298 g/mol. The maximum atomic E-state index is 12.5. The van der Waals surface area contributed by atoms with Crippen LogP contribution in [0.5, 0.6) is 0 Å². The highest BCUT2D eigenvalue weighted by Gasteiger charge is 2.33. The predicted octanol–water partition coefficient (Wildman–Crippen LogP) is 3.09. The molecule has 0 amide bonds. The first-order chi connectivity index (χ1) is 9.77. The van der Waals surface area contributed by atoms with Crippen LogP contribution in [0.15, 0.2) is 24.4 Å². The van der Waals surface area contributed by atoms with Crippen LogP contribution >= 0.6 is 0 Å². The van der Waals surface area contributed by atoms with Gasteiger partial charge in [0.25, 0.3) is 0 Å². The first-order valence-corrected chi connectivity index (χ1v) is 6.60. The van der Waals surface area contributed by atoms with Gasteiger partial charge in [-0.2, -0.15) is 18.3 Å². The van der Waals surface area contributed by atoms with Crippen molar-refractivity contribution < 1.29 is 13.2 Å². The third-order valence-electron chi connectivity index (χ3n) is 3.00. The quantitative estimate of drug-likeness (QED) is 0.943. The normalized spacial score (nSPS) is 12.1. The second-order valence-electron chi connectivity index (χ2n) is 5.09. The molecule has 0 unspecified atom stereocenters. The highest BCUT2D eigenvalue weighted by molar-refractivity contribution is 5.30. The molecule has 0 aromatic carbocycles. The molecule has 0 saturated heterocycles. The molecule has 1 N–H and O–H groups in total. The Labute approximate surface area is 121 Å². The molecule has 0 bridgehead atoms. The van der Waals surface area contributed by atoms with Crippen LogP contribution < -0.4 is 5.32 Å². The summed E-state index contributed by atoms with van der Waals surface area (Å²) in [6.45, 7) is 6.58. The summed E-state index contributed by atoms with van der Waals surface area (Å²) in [6.07, 6.45) is -3.18. The summed E-state index contributed by atoms with van der Waals surface area (Å²) in [5, 5.41) is 6.78. The molecule has 0 atom stereocenters. The Kier molecular flexibility index (Phi) is 4.32. The minimum absolute atomic E-state index is 0.351. The molecular formula is C14H17F3N4. The van der Waals surface area contributed by atoms with Gasteiger partial charge in [0.15, 0.2) is 11.5 Å². The fourth-order valence-electron chi connectivity index (χ4n) is 1.81. The van der Waals surface area contributed by atoms with E-state index in [2.05, 4.69) is 15.4 Å². The molecule has 2 heterocycles. The Morgan fingerprint density at radius 1 is 1.24 bits per heavy atom. The number of pyridine rings is 1. The molecule has 0 aliphatic rings. The van der Waals surface area contributed by atoms with Crippen molar-refractivity contribution in [1.82, 2.24) is 20.1 Å². The standard InChI is InChI=1S/C14H17F3N4/c1-9(2)18-8-11-4-5-13(19-10(11)3)21-7-6-12(20-21)14(15,16)17/h4-7,9,18H,8H2,1-3H3. The van der Waals surface area contributed by atoms with E-state index in [0.717, 1.165) is 22.0 Å².